The van der Waals surface area contributed by atoms with Crippen molar-refractivity contribution in [2.45, 2.75) is 27.3 Å². The molecule has 3 heteroatoms. The molecule has 0 amide bonds. The van der Waals surface area contributed by atoms with E-state index in [-0.39, 0.29) is 0 Å². The molecule has 0 unspecified atom stereocenters. The van der Waals surface area contributed by atoms with Crippen molar-refractivity contribution < 1.29 is 0 Å². The summed E-state index contributed by atoms with van der Waals surface area (Å²) in [5.74, 6) is 0. The van der Waals surface area contributed by atoms with Crippen LogP contribution < -0.4 is 10.2 Å². The zero-order chi connectivity index (χ0) is 15.2. The van der Waals surface area contributed by atoms with E-state index >= 15 is 0 Å². The van der Waals surface area contributed by atoms with E-state index in [4.69, 9.17) is 11.6 Å². The molecule has 0 aliphatic carbocycles. The van der Waals surface area contributed by atoms with Gasteiger partial charge in [-0.25, -0.2) is 0 Å². The molecule has 112 valence electrons. The Kier molecular flexibility index (Phi) is 5.66. The first-order valence-corrected chi connectivity index (χ1v) is 7.87. The maximum absolute atomic E-state index is 6.42. The van der Waals surface area contributed by atoms with Gasteiger partial charge in [0, 0.05) is 35.1 Å². The van der Waals surface area contributed by atoms with Gasteiger partial charge in [0.05, 0.1) is 0 Å². The monoisotopic (exact) mass is 302 g/mol. The Morgan fingerprint density at radius 2 is 1.86 bits per heavy atom. The van der Waals surface area contributed by atoms with Gasteiger partial charge in [-0.3, -0.25) is 0 Å². The Balaban J connectivity index is 2.44. The van der Waals surface area contributed by atoms with Crippen molar-refractivity contribution in [3.63, 3.8) is 0 Å². The molecule has 0 aromatic heterocycles. The Labute approximate surface area is 132 Å². The number of halogens is 1. The summed E-state index contributed by atoms with van der Waals surface area (Å²) >= 11 is 6.42. The number of nitrogens with one attached hydrogen (secondary N) is 1. The van der Waals surface area contributed by atoms with Crippen LogP contribution in [0, 0.1) is 6.92 Å². The molecule has 21 heavy (non-hydrogen) atoms. The van der Waals surface area contributed by atoms with Crippen LogP contribution in [0.5, 0.6) is 0 Å². The van der Waals surface area contributed by atoms with Crippen molar-refractivity contribution in [1.29, 1.82) is 0 Å². The summed E-state index contributed by atoms with van der Waals surface area (Å²) < 4.78 is 0. The fraction of sp³-hybridized carbons (Fsp3) is 0.333. The lowest BCUT2D eigenvalue weighted by Gasteiger charge is -2.27. The van der Waals surface area contributed by atoms with E-state index < -0.39 is 0 Å². The van der Waals surface area contributed by atoms with Crippen LogP contribution in [0.3, 0.4) is 0 Å². The molecule has 2 aromatic carbocycles. The normalized spacial score (nSPS) is 10.7. The lowest BCUT2D eigenvalue weighted by molar-refractivity contribution is 0.725. The van der Waals surface area contributed by atoms with Crippen molar-refractivity contribution >= 4 is 23.0 Å². The molecule has 0 atom stereocenters. The number of anilines is 2. The van der Waals surface area contributed by atoms with Gasteiger partial charge in [-0.15, -0.1) is 0 Å². The molecule has 0 spiro atoms. The van der Waals surface area contributed by atoms with Crippen LogP contribution in [0.1, 0.15) is 25.0 Å². The summed E-state index contributed by atoms with van der Waals surface area (Å²) in [6.07, 6.45) is 0. The van der Waals surface area contributed by atoms with Gasteiger partial charge in [-0.2, -0.15) is 0 Å². The summed E-state index contributed by atoms with van der Waals surface area (Å²) in [5, 5.41) is 4.20. The van der Waals surface area contributed by atoms with Gasteiger partial charge < -0.3 is 10.2 Å². The predicted molar refractivity (Wildman–Crippen MR) is 92.7 cm³/mol. The second kappa shape index (κ2) is 7.48. The van der Waals surface area contributed by atoms with Crippen molar-refractivity contribution in [2.75, 3.05) is 18.0 Å². The molecule has 2 rings (SSSR count). The van der Waals surface area contributed by atoms with E-state index in [1.54, 1.807) is 0 Å². The second-order valence-corrected chi connectivity index (χ2v) is 5.51. The smallest absolute Gasteiger partial charge is 0.0471 e. The first kappa shape index (κ1) is 15.9. The van der Waals surface area contributed by atoms with E-state index in [1.165, 1.54) is 16.9 Å². The molecule has 0 fully saturated rings. The average Bonchev–Trinajstić information content (AvgIpc) is 2.47. The lowest BCUT2D eigenvalue weighted by atomic mass is 10.1. The summed E-state index contributed by atoms with van der Waals surface area (Å²) in [4.78, 5) is 2.31. The van der Waals surface area contributed by atoms with Gasteiger partial charge >= 0.3 is 0 Å². The molecule has 0 radical (unpaired) electrons. The van der Waals surface area contributed by atoms with Crippen LogP contribution in [0.25, 0.3) is 0 Å². The molecule has 0 aliphatic heterocycles. The third-order valence-electron chi connectivity index (χ3n) is 3.57. The number of hydrogen-bond donors (Lipinski definition) is 1. The molecule has 1 N–H and O–H groups in total. The minimum Gasteiger partial charge on any atom is -0.341 e. The molecule has 0 heterocycles. The SMILES string of the molecule is CCNCc1c(Cl)cccc1N(CC)c1cccc(C)c1. The Bertz CT molecular complexity index is 596. The van der Waals surface area contributed by atoms with E-state index in [9.17, 15) is 0 Å². The van der Waals surface area contributed by atoms with Gasteiger partial charge in [0.2, 0.25) is 0 Å². The quantitative estimate of drug-likeness (QED) is 0.815. The van der Waals surface area contributed by atoms with Crippen LogP contribution in [-0.2, 0) is 6.54 Å². The average molecular weight is 303 g/mol. The summed E-state index contributed by atoms with van der Waals surface area (Å²) in [6, 6.07) is 14.7. The van der Waals surface area contributed by atoms with Crippen LogP contribution >= 0.6 is 11.6 Å². The Hall–Kier alpha value is -1.51. The number of nitrogens with zero attached hydrogens (tertiary/aromatic N) is 1. The first-order chi connectivity index (χ1) is 10.2. The first-order valence-electron chi connectivity index (χ1n) is 7.49. The fourth-order valence-corrected chi connectivity index (χ4v) is 2.75. The summed E-state index contributed by atoms with van der Waals surface area (Å²) in [6.45, 7) is 9.02. The molecular weight excluding hydrogens is 280 g/mol. The standard InChI is InChI=1S/C18H23ClN2/c1-4-20-13-16-17(19)10-7-11-18(16)21(5-2)15-9-6-8-14(3)12-15/h6-12,20H,4-5,13H2,1-3H3. The predicted octanol–water partition coefficient (Wildman–Crippen LogP) is 4.92. The highest BCUT2D eigenvalue weighted by atomic mass is 35.5. The van der Waals surface area contributed by atoms with Gasteiger partial charge in [0.1, 0.15) is 0 Å². The zero-order valence-electron chi connectivity index (χ0n) is 13.0. The van der Waals surface area contributed by atoms with Crippen molar-refractivity contribution in [2.24, 2.45) is 0 Å². The second-order valence-electron chi connectivity index (χ2n) is 5.10. The number of hydrogen-bond acceptors (Lipinski definition) is 2. The topological polar surface area (TPSA) is 15.3 Å². The maximum Gasteiger partial charge on any atom is 0.0471 e. The lowest BCUT2D eigenvalue weighted by Crippen LogP contribution is -2.20. The zero-order valence-corrected chi connectivity index (χ0v) is 13.7. The van der Waals surface area contributed by atoms with E-state index in [2.05, 4.69) is 61.3 Å². The number of aryl methyl sites for hydroxylation is 1. The van der Waals surface area contributed by atoms with Gasteiger partial charge in [-0.05, 0) is 50.2 Å². The van der Waals surface area contributed by atoms with Crippen molar-refractivity contribution in [3.8, 4) is 0 Å². The summed E-state index contributed by atoms with van der Waals surface area (Å²) in [7, 11) is 0. The van der Waals surface area contributed by atoms with Gasteiger partial charge in [-0.1, -0.05) is 36.7 Å². The molecular formula is C18H23ClN2. The van der Waals surface area contributed by atoms with Crippen LogP contribution in [0.2, 0.25) is 5.02 Å². The van der Waals surface area contributed by atoms with E-state index in [0.29, 0.717) is 0 Å². The van der Waals surface area contributed by atoms with E-state index in [0.717, 1.165) is 30.2 Å². The highest BCUT2D eigenvalue weighted by Gasteiger charge is 2.14. The molecule has 0 bridgehead atoms. The summed E-state index contributed by atoms with van der Waals surface area (Å²) in [5.41, 5.74) is 4.81. The van der Waals surface area contributed by atoms with Crippen molar-refractivity contribution in [3.05, 3.63) is 58.6 Å². The Morgan fingerprint density at radius 3 is 2.52 bits per heavy atom. The molecule has 2 aromatic rings. The fourth-order valence-electron chi connectivity index (χ4n) is 2.51. The third-order valence-corrected chi connectivity index (χ3v) is 3.92. The van der Waals surface area contributed by atoms with Crippen molar-refractivity contribution in [1.82, 2.24) is 5.32 Å². The highest BCUT2D eigenvalue weighted by Crippen LogP contribution is 2.32. The van der Waals surface area contributed by atoms with Crippen LogP contribution in [0.4, 0.5) is 11.4 Å². The van der Waals surface area contributed by atoms with Crippen LogP contribution in [-0.4, -0.2) is 13.1 Å². The van der Waals surface area contributed by atoms with Gasteiger partial charge in [0.25, 0.3) is 0 Å². The van der Waals surface area contributed by atoms with Crippen LogP contribution in [0.15, 0.2) is 42.5 Å². The highest BCUT2D eigenvalue weighted by molar-refractivity contribution is 6.31. The maximum atomic E-state index is 6.42. The molecule has 0 saturated heterocycles. The number of rotatable bonds is 6. The number of benzene rings is 2. The van der Waals surface area contributed by atoms with E-state index in [1.807, 2.05) is 12.1 Å². The minimum absolute atomic E-state index is 0.786. The molecule has 0 aliphatic rings. The minimum atomic E-state index is 0.786. The molecule has 0 saturated carbocycles. The largest absolute Gasteiger partial charge is 0.341 e. The third kappa shape index (κ3) is 3.78. The Morgan fingerprint density at radius 1 is 1.10 bits per heavy atom. The van der Waals surface area contributed by atoms with Gasteiger partial charge in [0.15, 0.2) is 0 Å². The molecule has 2 nitrogen and oxygen atoms in total.